The van der Waals surface area contributed by atoms with Gasteiger partial charge in [-0.25, -0.2) is 15.0 Å². The summed E-state index contributed by atoms with van der Waals surface area (Å²) in [5.74, 6) is 1.15. The molecule has 136 valence electrons. The van der Waals surface area contributed by atoms with Crippen LogP contribution in [0.15, 0.2) is 55.1 Å². The maximum atomic E-state index is 6.22. The Morgan fingerprint density at radius 1 is 1.15 bits per heavy atom. The Morgan fingerprint density at radius 3 is 2.67 bits per heavy atom. The summed E-state index contributed by atoms with van der Waals surface area (Å²) in [7, 11) is 0. The van der Waals surface area contributed by atoms with Crippen LogP contribution in [0.25, 0.3) is 16.9 Å². The molecule has 0 fully saturated rings. The van der Waals surface area contributed by atoms with E-state index in [0.717, 1.165) is 33.8 Å². The minimum atomic E-state index is 0.329. The van der Waals surface area contributed by atoms with Crippen LogP contribution in [0.1, 0.15) is 30.9 Å². The van der Waals surface area contributed by atoms with Gasteiger partial charge in [-0.2, -0.15) is 9.61 Å². The fourth-order valence-electron chi connectivity index (χ4n) is 2.93. The van der Waals surface area contributed by atoms with Gasteiger partial charge in [-0.3, -0.25) is 0 Å². The molecule has 0 atom stereocenters. The largest absolute Gasteiger partial charge is 0.366 e. The second-order valence-electron chi connectivity index (χ2n) is 6.60. The molecule has 0 spiro atoms. The summed E-state index contributed by atoms with van der Waals surface area (Å²) in [4.78, 5) is 12.7. The van der Waals surface area contributed by atoms with Crippen LogP contribution >= 0.6 is 11.6 Å². The number of anilines is 1. The maximum Gasteiger partial charge on any atom is 0.162 e. The molecule has 1 aromatic carbocycles. The summed E-state index contributed by atoms with van der Waals surface area (Å²) in [6.45, 7) is 4.88. The second-order valence-corrected chi connectivity index (χ2v) is 6.99. The number of aromatic nitrogens is 5. The first-order chi connectivity index (χ1) is 13.1. The first-order valence-electron chi connectivity index (χ1n) is 8.75. The van der Waals surface area contributed by atoms with Crippen molar-refractivity contribution in [3.63, 3.8) is 0 Å². The van der Waals surface area contributed by atoms with Crippen LogP contribution < -0.4 is 5.32 Å². The van der Waals surface area contributed by atoms with E-state index in [1.54, 1.807) is 23.1 Å². The predicted molar refractivity (Wildman–Crippen MR) is 107 cm³/mol. The Balaban J connectivity index is 1.55. The SMILES string of the molecule is CC(C)c1cnn2c(NCc3ccc(-c4ccncn4)cc3)cc(Cl)nc12. The van der Waals surface area contributed by atoms with Crippen LogP contribution in [0.2, 0.25) is 5.15 Å². The van der Waals surface area contributed by atoms with Gasteiger partial charge in [0, 0.05) is 29.9 Å². The monoisotopic (exact) mass is 378 g/mol. The van der Waals surface area contributed by atoms with Crippen LogP contribution in [0, 0.1) is 0 Å². The average Bonchev–Trinajstić information content (AvgIpc) is 3.11. The van der Waals surface area contributed by atoms with E-state index in [4.69, 9.17) is 11.6 Å². The van der Waals surface area contributed by atoms with Gasteiger partial charge in [0.1, 0.15) is 17.3 Å². The highest BCUT2D eigenvalue weighted by atomic mass is 35.5. The molecule has 6 nitrogen and oxygen atoms in total. The van der Waals surface area contributed by atoms with Gasteiger partial charge >= 0.3 is 0 Å². The normalized spacial score (nSPS) is 11.3. The molecule has 0 saturated carbocycles. The smallest absolute Gasteiger partial charge is 0.162 e. The van der Waals surface area contributed by atoms with Crippen molar-refractivity contribution in [1.82, 2.24) is 24.6 Å². The third kappa shape index (κ3) is 3.61. The van der Waals surface area contributed by atoms with Crippen molar-refractivity contribution in [2.24, 2.45) is 0 Å². The van der Waals surface area contributed by atoms with Crippen LogP contribution in [-0.2, 0) is 6.54 Å². The van der Waals surface area contributed by atoms with E-state index in [1.807, 2.05) is 12.3 Å². The number of fused-ring (bicyclic) bond motifs is 1. The molecule has 7 heteroatoms. The predicted octanol–water partition coefficient (Wildman–Crippen LogP) is 4.58. The molecule has 1 N–H and O–H groups in total. The summed E-state index contributed by atoms with van der Waals surface area (Å²) in [6, 6.07) is 12.0. The van der Waals surface area contributed by atoms with E-state index in [0.29, 0.717) is 17.6 Å². The Morgan fingerprint density at radius 2 is 1.96 bits per heavy atom. The number of nitrogens with zero attached hydrogens (tertiary/aromatic N) is 5. The number of hydrogen-bond donors (Lipinski definition) is 1. The van der Waals surface area contributed by atoms with E-state index in [2.05, 4.69) is 63.5 Å². The molecule has 0 radical (unpaired) electrons. The van der Waals surface area contributed by atoms with Crippen molar-refractivity contribution in [1.29, 1.82) is 0 Å². The molecular formula is C20H19ClN6. The Kier molecular flexibility index (Phi) is 4.73. The van der Waals surface area contributed by atoms with Gasteiger partial charge in [-0.15, -0.1) is 0 Å². The third-order valence-electron chi connectivity index (χ3n) is 4.40. The van der Waals surface area contributed by atoms with Crippen LogP contribution in [0.5, 0.6) is 0 Å². The van der Waals surface area contributed by atoms with Crippen molar-refractivity contribution in [3.05, 3.63) is 71.4 Å². The minimum Gasteiger partial charge on any atom is -0.366 e. The second kappa shape index (κ2) is 7.32. The molecule has 3 aromatic heterocycles. The summed E-state index contributed by atoms with van der Waals surface area (Å²) < 4.78 is 1.80. The first-order valence-corrected chi connectivity index (χ1v) is 9.13. The average molecular weight is 379 g/mol. The highest BCUT2D eigenvalue weighted by Crippen LogP contribution is 2.24. The standard InChI is InChI=1S/C20H19ClN6/c1-13(2)16-11-25-27-19(9-18(21)26-20(16)27)23-10-14-3-5-15(6-4-14)17-7-8-22-12-24-17/h3-9,11-13,23H,10H2,1-2H3. The Hall–Kier alpha value is -2.99. The molecule has 0 amide bonds. The van der Waals surface area contributed by atoms with Crippen molar-refractivity contribution >= 4 is 23.1 Å². The topological polar surface area (TPSA) is 68.0 Å². The molecule has 0 bridgehead atoms. The lowest BCUT2D eigenvalue weighted by Crippen LogP contribution is -2.06. The molecule has 27 heavy (non-hydrogen) atoms. The fourth-order valence-corrected chi connectivity index (χ4v) is 3.11. The van der Waals surface area contributed by atoms with Gasteiger partial charge in [-0.1, -0.05) is 49.7 Å². The quantitative estimate of drug-likeness (QED) is 0.515. The van der Waals surface area contributed by atoms with Crippen molar-refractivity contribution in [2.45, 2.75) is 26.3 Å². The van der Waals surface area contributed by atoms with Gasteiger partial charge in [0.05, 0.1) is 11.9 Å². The Bertz CT molecular complexity index is 1060. The van der Waals surface area contributed by atoms with Crippen molar-refractivity contribution < 1.29 is 0 Å². The Labute approximate surface area is 162 Å². The van der Waals surface area contributed by atoms with Crippen molar-refractivity contribution in [3.8, 4) is 11.3 Å². The lowest BCUT2D eigenvalue weighted by molar-refractivity contribution is 0.871. The summed E-state index contributed by atoms with van der Waals surface area (Å²) in [5.41, 5.74) is 4.98. The molecule has 4 aromatic rings. The van der Waals surface area contributed by atoms with Gasteiger partial charge < -0.3 is 5.32 Å². The summed E-state index contributed by atoms with van der Waals surface area (Å²) in [6.07, 6.45) is 5.15. The van der Waals surface area contributed by atoms with Gasteiger partial charge in [-0.05, 0) is 17.5 Å². The van der Waals surface area contributed by atoms with Gasteiger partial charge in [0.15, 0.2) is 5.65 Å². The van der Waals surface area contributed by atoms with Gasteiger partial charge in [0.2, 0.25) is 0 Å². The number of nitrogens with one attached hydrogen (secondary N) is 1. The molecular weight excluding hydrogens is 360 g/mol. The summed E-state index contributed by atoms with van der Waals surface area (Å²) in [5, 5.41) is 8.32. The summed E-state index contributed by atoms with van der Waals surface area (Å²) >= 11 is 6.22. The van der Waals surface area contributed by atoms with Crippen LogP contribution in [0.4, 0.5) is 5.82 Å². The molecule has 0 aliphatic carbocycles. The maximum absolute atomic E-state index is 6.22. The van der Waals surface area contributed by atoms with E-state index in [9.17, 15) is 0 Å². The molecule has 0 unspecified atom stereocenters. The molecule has 0 saturated heterocycles. The lowest BCUT2D eigenvalue weighted by atomic mass is 10.1. The molecule has 0 aliphatic heterocycles. The van der Waals surface area contributed by atoms with E-state index >= 15 is 0 Å². The number of hydrogen-bond acceptors (Lipinski definition) is 5. The van der Waals surface area contributed by atoms with Crippen LogP contribution in [0.3, 0.4) is 0 Å². The highest BCUT2D eigenvalue weighted by molar-refractivity contribution is 6.29. The van der Waals surface area contributed by atoms with Gasteiger partial charge in [0.25, 0.3) is 0 Å². The third-order valence-corrected chi connectivity index (χ3v) is 4.59. The van der Waals surface area contributed by atoms with E-state index < -0.39 is 0 Å². The fraction of sp³-hybridized carbons (Fsp3) is 0.200. The molecule has 0 aliphatic rings. The highest BCUT2D eigenvalue weighted by Gasteiger charge is 2.13. The zero-order valence-corrected chi connectivity index (χ0v) is 15.9. The number of benzene rings is 1. The first kappa shape index (κ1) is 17.4. The van der Waals surface area contributed by atoms with Crippen LogP contribution in [-0.4, -0.2) is 24.6 Å². The van der Waals surface area contributed by atoms with E-state index in [-0.39, 0.29) is 0 Å². The molecule has 4 rings (SSSR count). The molecule has 3 heterocycles. The number of halogens is 1. The van der Waals surface area contributed by atoms with Crippen molar-refractivity contribution in [2.75, 3.05) is 5.32 Å². The van der Waals surface area contributed by atoms with E-state index in [1.165, 1.54) is 0 Å². The zero-order valence-electron chi connectivity index (χ0n) is 15.1. The minimum absolute atomic E-state index is 0.329. The zero-order chi connectivity index (χ0) is 18.8. The number of rotatable bonds is 5. The lowest BCUT2D eigenvalue weighted by Gasteiger charge is -2.10.